The third-order valence-electron chi connectivity index (χ3n) is 5.65. The number of benzene rings is 3. The molecular formula is C26H31N3O2. The minimum absolute atomic E-state index is 0.0555. The number of likely N-dealkylation sites (N-methyl/N-ethyl adjacent to an activating group) is 1. The number of nitrogens with two attached hydrogens (primary N) is 1. The smallest absolute Gasteiger partial charge is 0.242 e. The van der Waals surface area contributed by atoms with E-state index in [2.05, 4.69) is 25.1 Å². The lowest BCUT2D eigenvalue weighted by atomic mass is 10.0. The zero-order chi connectivity index (χ0) is 22.4. The third-order valence-corrected chi connectivity index (χ3v) is 5.65. The molecule has 5 heteroatoms. The molecule has 0 bridgehead atoms. The molecule has 0 heterocycles. The quantitative estimate of drug-likeness (QED) is 0.531. The number of anilines is 1. The second-order valence-electron chi connectivity index (χ2n) is 8.04. The maximum Gasteiger partial charge on any atom is 0.242 e. The van der Waals surface area contributed by atoms with Crippen molar-refractivity contribution in [2.75, 3.05) is 31.6 Å². The second kappa shape index (κ2) is 10.2. The zero-order valence-corrected chi connectivity index (χ0v) is 18.6. The lowest BCUT2D eigenvalue weighted by Crippen LogP contribution is -2.39. The molecule has 1 amide bonds. The predicted octanol–water partition coefficient (Wildman–Crippen LogP) is 4.16. The van der Waals surface area contributed by atoms with E-state index in [4.69, 9.17) is 5.73 Å². The highest BCUT2D eigenvalue weighted by Crippen LogP contribution is 2.23. The number of Topliss-reactive ketones (excluding diaryl/α,β-unsaturated/α-hetero) is 1. The molecule has 162 valence electrons. The molecule has 3 aromatic carbocycles. The highest BCUT2D eigenvalue weighted by molar-refractivity contribution is 5.99. The van der Waals surface area contributed by atoms with Crippen LogP contribution >= 0.6 is 0 Å². The van der Waals surface area contributed by atoms with Gasteiger partial charge in [0.25, 0.3) is 0 Å². The van der Waals surface area contributed by atoms with Crippen LogP contribution in [0.1, 0.15) is 34.8 Å². The number of rotatable bonds is 9. The summed E-state index contributed by atoms with van der Waals surface area (Å²) in [6.07, 6.45) is 0.774. The molecule has 0 saturated heterocycles. The standard InChI is InChI=1S/C26H31N3O2/c1-19-7-4-5-8-24(19)17-29(14-6-13-27)26(31)18-28(3)25-12-11-22-15-21(20(2)30)9-10-23(22)16-25/h4-5,7-12,15-16H,6,13-14,17-18,27H2,1-3H3. The van der Waals surface area contributed by atoms with Crippen LogP contribution in [0.15, 0.2) is 60.7 Å². The van der Waals surface area contributed by atoms with E-state index in [1.54, 1.807) is 6.92 Å². The van der Waals surface area contributed by atoms with Gasteiger partial charge in [0.1, 0.15) is 0 Å². The maximum absolute atomic E-state index is 13.1. The average molecular weight is 418 g/mol. The fourth-order valence-electron chi connectivity index (χ4n) is 3.65. The summed E-state index contributed by atoms with van der Waals surface area (Å²) in [7, 11) is 1.93. The van der Waals surface area contributed by atoms with Crippen LogP contribution in [0.5, 0.6) is 0 Å². The van der Waals surface area contributed by atoms with Gasteiger partial charge in [-0.05, 0) is 66.9 Å². The number of carbonyl (C=O) groups excluding carboxylic acids is 2. The Kier molecular flexibility index (Phi) is 7.42. The van der Waals surface area contributed by atoms with Gasteiger partial charge >= 0.3 is 0 Å². The van der Waals surface area contributed by atoms with Gasteiger partial charge < -0.3 is 15.5 Å². The van der Waals surface area contributed by atoms with Crippen LogP contribution in [0.25, 0.3) is 10.8 Å². The summed E-state index contributed by atoms with van der Waals surface area (Å²) >= 11 is 0. The lowest BCUT2D eigenvalue weighted by Gasteiger charge is -2.27. The van der Waals surface area contributed by atoms with Gasteiger partial charge in [0.15, 0.2) is 5.78 Å². The Bertz CT molecular complexity index is 1080. The molecule has 0 atom stereocenters. The van der Waals surface area contributed by atoms with Crippen molar-refractivity contribution in [3.63, 3.8) is 0 Å². The molecule has 0 fully saturated rings. The summed E-state index contributed by atoms with van der Waals surface area (Å²) in [5.41, 5.74) is 9.71. The number of hydrogen-bond donors (Lipinski definition) is 1. The fourth-order valence-corrected chi connectivity index (χ4v) is 3.65. The van der Waals surface area contributed by atoms with E-state index in [9.17, 15) is 9.59 Å². The van der Waals surface area contributed by atoms with Crippen molar-refractivity contribution in [3.05, 3.63) is 77.4 Å². The Morgan fingerprint density at radius 1 is 0.968 bits per heavy atom. The number of ketones is 1. The van der Waals surface area contributed by atoms with Crippen molar-refractivity contribution in [2.24, 2.45) is 5.73 Å². The van der Waals surface area contributed by atoms with Gasteiger partial charge in [-0.15, -0.1) is 0 Å². The molecule has 0 saturated carbocycles. The van der Waals surface area contributed by atoms with Crippen molar-refractivity contribution in [2.45, 2.75) is 26.8 Å². The largest absolute Gasteiger partial charge is 0.365 e. The van der Waals surface area contributed by atoms with Crippen molar-refractivity contribution in [1.82, 2.24) is 4.90 Å². The Morgan fingerprint density at radius 3 is 2.39 bits per heavy atom. The minimum Gasteiger partial charge on any atom is -0.365 e. The molecule has 0 aliphatic rings. The molecular weight excluding hydrogens is 386 g/mol. The monoisotopic (exact) mass is 417 g/mol. The lowest BCUT2D eigenvalue weighted by molar-refractivity contribution is -0.130. The van der Waals surface area contributed by atoms with E-state index >= 15 is 0 Å². The summed E-state index contributed by atoms with van der Waals surface area (Å²) in [6.45, 7) is 5.71. The number of amides is 1. The van der Waals surface area contributed by atoms with Crippen molar-refractivity contribution in [1.29, 1.82) is 0 Å². The average Bonchev–Trinajstić information content (AvgIpc) is 2.76. The summed E-state index contributed by atoms with van der Waals surface area (Å²) in [5.74, 6) is 0.131. The molecule has 0 aromatic heterocycles. The van der Waals surface area contributed by atoms with E-state index in [1.807, 2.05) is 59.3 Å². The Morgan fingerprint density at radius 2 is 1.68 bits per heavy atom. The molecule has 0 aliphatic carbocycles. The summed E-state index contributed by atoms with van der Waals surface area (Å²) in [5, 5.41) is 2.06. The first kappa shape index (κ1) is 22.5. The molecule has 0 aliphatic heterocycles. The van der Waals surface area contributed by atoms with Gasteiger partial charge in [-0.2, -0.15) is 0 Å². The van der Waals surface area contributed by atoms with Gasteiger partial charge in [-0.25, -0.2) is 0 Å². The highest BCUT2D eigenvalue weighted by Gasteiger charge is 2.17. The van der Waals surface area contributed by atoms with Crippen molar-refractivity contribution < 1.29 is 9.59 Å². The van der Waals surface area contributed by atoms with Crippen LogP contribution in [-0.4, -0.2) is 43.3 Å². The highest BCUT2D eigenvalue weighted by atomic mass is 16.2. The SMILES string of the molecule is CC(=O)c1ccc2cc(N(C)CC(=O)N(CCCN)Cc3ccccc3C)ccc2c1. The first-order valence-corrected chi connectivity index (χ1v) is 10.7. The molecule has 0 radical (unpaired) electrons. The van der Waals surface area contributed by atoms with Crippen LogP contribution in [0.4, 0.5) is 5.69 Å². The third kappa shape index (κ3) is 5.70. The van der Waals surface area contributed by atoms with Crippen LogP contribution in [-0.2, 0) is 11.3 Å². The summed E-state index contributed by atoms with van der Waals surface area (Å²) < 4.78 is 0. The van der Waals surface area contributed by atoms with Crippen molar-refractivity contribution in [3.8, 4) is 0 Å². The number of fused-ring (bicyclic) bond motifs is 1. The maximum atomic E-state index is 13.1. The van der Waals surface area contributed by atoms with E-state index in [0.717, 1.165) is 28.4 Å². The molecule has 31 heavy (non-hydrogen) atoms. The summed E-state index contributed by atoms with van der Waals surface area (Å²) in [4.78, 5) is 28.6. The number of aryl methyl sites for hydroxylation is 1. The molecule has 0 spiro atoms. The molecule has 0 unspecified atom stereocenters. The van der Waals surface area contributed by atoms with E-state index in [-0.39, 0.29) is 18.2 Å². The van der Waals surface area contributed by atoms with Gasteiger partial charge in [0.05, 0.1) is 6.54 Å². The first-order chi connectivity index (χ1) is 14.9. The van der Waals surface area contributed by atoms with E-state index < -0.39 is 0 Å². The van der Waals surface area contributed by atoms with E-state index in [0.29, 0.717) is 25.2 Å². The van der Waals surface area contributed by atoms with Gasteiger partial charge in [0.2, 0.25) is 5.91 Å². The Labute approximate surface area is 184 Å². The fraction of sp³-hybridized carbons (Fsp3) is 0.308. The van der Waals surface area contributed by atoms with Crippen LogP contribution < -0.4 is 10.6 Å². The molecule has 3 rings (SSSR count). The van der Waals surface area contributed by atoms with Gasteiger partial charge in [-0.3, -0.25) is 9.59 Å². The Hall–Kier alpha value is -3.18. The summed E-state index contributed by atoms with van der Waals surface area (Å²) in [6, 6.07) is 19.9. The molecule has 5 nitrogen and oxygen atoms in total. The number of carbonyl (C=O) groups is 2. The topological polar surface area (TPSA) is 66.6 Å². The van der Waals surface area contributed by atoms with Gasteiger partial charge in [0, 0.05) is 31.4 Å². The first-order valence-electron chi connectivity index (χ1n) is 10.7. The normalized spacial score (nSPS) is 10.8. The van der Waals surface area contributed by atoms with Crippen molar-refractivity contribution >= 4 is 28.2 Å². The predicted molar refractivity (Wildman–Crippen MR) is 127 cm³/mol. The Balaban J connectivity index is 1.75. The number of hydrogen-bond acceptors (Lipinski definition) is 4. The van der Waals surface area contributed by atoms with Gasteiger partial charge in [-0.1, -0.05) is 42.5 Å². The minimum atomic E-state index is 0.0555. The number of nitrogens with zero attached hydrogens (tertiary/aromatic N) is 2. The van der Waals surface area contributed by atoms with Crippen LogP contribution in [0, 0.1) is 6.92 Å². The zero-order valence-electron chi connectivity index (χ0n) is 18.6. The van der Waals surface area contributed by atoms with Crippen LogP contribution in [0.3, 0.4) is 0 Å². The van der Waals surface area contributed by atoms with E-state index in [1.165, 1.54) is 5.56 Å². The van der Waals surface area contributed by atoms with Crippen LogP contribution in [0.2, 0.25) is 0 Å². The second-order valence-corrected chi connectivity index (χ2v) is 8.04. The molecule has 3 aromatic rings. The molecule has 2 N–H and O–H groups in total.